The molecule has 2 heterocycles. The van der Waals surface area contributed by atoms with Crippen LogP contribution in [0.3, 0.4) is 0 Å². The second-order valence-electron chi connectivity index (χ2n) is 3.66. The highest BCUT2D eigenvalue weighted by atomic mass is 15.3. The van der Waals surface area contributed by atoms with E-state index in [1.165, 1.54) is 6.20 Å². The van der Waals surface area contributed by atoms with Crippen molar-refractivity contribution < 1.29 is 0 Å². The van der Waals surface area contributed by atoms with Crippen molar-refractivity contribution >= 4 is 11.5 Å². The number of nitrogen functional groups attached to an aromatic ring is 1. The monoisotopic (exact) mass is 243 g/mol. The number of aromatic nitrogens is 4. The van der Waals surface area contributed by atoms with E-state index in [0.29, 0.717) is 23.6 Å². The molecule has 0 saturated heterocycles. The summed E-state index contributed by atoms with van der Waals surface area (Å²) in [5.41, 5.74) is 6.67. The number of anilines is 2. The van der Waals surface area contributed by atoms with Crippen molar-refractivity contribution in [1.82, 2.24) is 19.7 Å². The highest BCUT2D eigenvalue weighted by Gasteiger charge is 2.05. The van der Waals surface area contributed by atoms with E-state index in [1.54, 1.807) is 12.4 Å². The van der Waals surface area contributed by atoms with Crippen LogP contribution >= 0.6 is 0 Å². The molecule has 0 aromatic carbocycles. The molecule has 0 aliphatic rings. The van der Waals surface area contributed by atoms with Crippen LogP contribution < -0.4 is 11.1 Å². The SMILES string of the molecule is CCn1cnnc1CNc1ncc(C#N)cc1N. The Morgan fingerprint density at radius 1 is 1.56 bits per heavy atom. The first-order valence-electron chi connectivity index (χ1n) is 5.50. The van der Waals surface area contributed by atoms with Crippen LogP contribution in [0, 0.1) is 11.3 Å². The zero-order valence-electron chi connectivity index (χ0n) is 9.96. The molecule has 0 fully saturated rings. The Balaban J connectivity index is 2.09. The lowest BCUT2D eigenvalue weighted by atomic mass is 10.3. The minimum atomic E-state index is 0.440. The molecule has 7 heteroatoms. The molecule has 2 aromatic heterocycles. The molecule has 92 valence electrons. The van der Waals surface area contributed by atoms with Gasteiger partial charge < -0.3 is 15.6 Å². The van der Waals surface area contributed by atoms with E-state index in [-0.39, 0.29) is 0 Å². The summed E-state index contributed by atoms with van der Waals surface area (Å²) in [4.78, 5) is 4.09. The second kappa shape index (κ2) is 5.14. The van der Waals surface area contributed by atoms with Crippen LogP contribution in [0.5, 0.6) is 0 Å². The predicted octanol–water partition coefficient (Wildman–Crippen LogP) is 0.759. The van der Waals surface area contributed by atoms with Gasteiger partial charge in [-0.1, -0.05) is 0 Å². The van der Waals surface area contributed by atoms with Crippen LogP contribution in [0.15, 0.2) is 18.6 Å². The molecule has 3 N–H and O–H groups in total. The number of rotatable bonds is 4. The highest BCUT2D eigenvalue weighted by molar-refractivity contribution is 5.62. The Hall–Kier alpha value is -2.62. The van der Waals surface area contributed by atoms with E-state index in [1.807, 2.05) is 17.6 Å². The van der Waals surface area contributed by atoms with Crippen LogP contribution in [0.4, 0.5) is 11.5 Å². The van der Waals surface area contributed by atoms with Gasteiger partial charge in [0.1, 0.15) is 18.2 Å². The Bertz CT molecular complexity index is 581. The summed E-state index contributed by atoms with van der Waals surface area (Å²) in [6.07, 6.45) is 3.15. The molecular formula is C11H13N7. The summed E-state index contributed by atoms with van der Waals surface area (Å²) in [6.45, 7) is 3.30. The average molecular weight is 243 g/mol. The lowest BCUT2D eigenvalue weighted by Crippen LogP contribution is -2.10. The van der Waals surface area contributed by atoms with E-state index >= 15 is 0 Å². The largest absolute Gasteiger partial charge is 0.396 e. The minimum absolute atomic E-state index is 0.440. The van der Waals surface area contributed by atoms with Crippen molar-refractivity contribution in [2.45, 2.75) is 20.0 Å². The van der Waals surface area contributed by atoms with Gasteiger partial charge in [0, 0.05) is 12.7 Å². The fraction of sp³-hybridized carbons (Fsp3) is 0.273. The van der Waals surface area contributed by atoms with Crippen molar-refractivity contribution in [1.29, 1.82) is 5.26 Å². The first-order valence-corrected chi connectivity index (χ1v) is 5.50. The summed E-state index contributed by atoms with van der Waals surface area (Å²) in [5, 5.41) is 19.6. The Morgan fingerprint density at radius 2 is 2.39 bits per heavy atom. The molecule has 18 heavy (non-hydrogen) atoms. The molecule has 0 aliphatic carbocycles. The molecule has 0 atom stereocenters. The minimum Gasteiger partial charge on any atom is -0.396 e. The van der Waals surface area contributed by atoms with Gasteiger partial charge in [0.2, 0.25) is 0 Å². The Labute approximate surface area is 104 Å². The maximum Gasteiger partial charge on any atom is 0.152 e. The normalized spacial score (nSPS) is 10.0. The van der Waals surface area contributed by atoms with Crippen molar-refractivity contribution in [3.8, 4) is 6.07 Å². The molecule has 0 saturated carbocycles. The number of nitrogens with two attached hydrogens (primary N) is 1. The van der Waals surface area contributed by atoms with Gasteiger partial charge in [-0.3, -0.25) is 0 Å². The lowest BCUT2D eigenvalue weighted by Gasteiger charge is -2.08. The van der Waals surface area contributed by atoms with Gasteiger partial charge in [-0.2, -0.15) is 5.26 Å². The first-order chi connectivity index (χ1) is 8.74. The summed E-state index contributed by atoms with van der Waals surface area (Å²) in [5.74, 6) is 1.35. The maximum atomic E-state index is 8.71. The first kappa shape index (κ1) is 11.9. The highest BCUT2D eigenvalue weighted by Crippen LogP contribution is 2.16. The van der Waals surface area contributed by atoms with E-state index in [9.17, 15) is 0 Å². The second-order valence-corrected chi connectivity index (χ2v) is 3.66. The van der Waals surface area contributed by atoms with E-state index in [2.05, 4.69) is 20.5 Å². The van der Waals surface area contributed by atoms with E-state index < -0.39 is 0 Å². The number of nitriles is 1. The van der Waals surface area contributed by atoms with Crippen LogP contribution in [-0.4, -0.2) is 19.7 Å². The van der Waals surface area contributed by atoms with Gasteiger partial charge in [-0.05, 0) is 13.0 Å². The fourth-order valence-corrected chi connectivity index (χ4v) is 1.53. The summed E-state index contributed by atoms with van der Waals surface area (Å²) < 4.78 is 1.92. The van der Waals surface area contributed by atoms with Gasteiger partial charge >= 0.3 is 0 Å². The van der Waals surface area contributed by atoms with Crippen LogP contribution in [0.25, 0.3) is 0 Å². The number of pyridine rings is 1. The maximum absolute atomic E-state index is 8.71. The van der Waals surface area contributed by atoms with E-state index in [4.69, 9.17) is 11.0 Å². The van der Waals surface area contributed by atoms with Crippen LogP contribution in [0.2, 0.25) is 0 Å². The van der Waals surface area contributed by atoms with Gasteiger partial charge in [0.15, 0.2) is 5.82 Å². The molecule has 0 aliphatic heterocycles. The quantitative estimate of drug-likeness (QED) is 0.821. The summed E-state index contributed by atoms with van der Waals surface area (Å²) in [6, 6.07) is 3.57. The zero-order valence-corrected chi connectivity index (χ0v) is 9.96. The Morgan fingerprint density at radius 3 is 3.06 bits per heavy atom. The number of nitrogens with zero attached hydrogens (tertiary/aromatic N) is 5. The van der Waals surface area contributed by atoms with Crippen LogP contribution in [-0.2, 0) is 13.1 Å². The summed E-state index contributed by atoms with van der Waals surface area (Å²) in [7, 11) is 0. The van der Waals surface area contributed by atoms with Gasteiger partial charge in [0.05, 0.1) is 17.8 Å². The third-order valence-electron chi connectivity index (χ3n) is 2.50. The Kier molecular flexibility index (Phi) is 3.38. The zero-order chi connectivity index (χ0) is 13.0. The van der Waals surface area contributed by atoms with Crippen molar-refractivity contribution in [2.24, 2.45) is 0 Å². The standard InChI is InChI=1S/C11H13N7/c1-2-18-7-16-17-10(18)6-15-11-9(13)3-8(4-12)5-14-11/h3,5,7H,2,6,13H2,1H3,(H,14,15). The van der Waals surface area contributed by atoms with E-state index in [0.717, 1.165) is 12.4 Å². The van der Waals surface area contributed by atoms with Gasteiger partial charge in [-0.15, -0.1) is 10.2 Å². The average Bonchev–Trinajstić information content (AvgIpc) is 2.84. The molecule has 0 radical (unpaired) electrons. The van der Waals surface area contributed by atoms with Gasteiger partial charge in [0.25, 0.3) is 0 Å². The number of hydrogen-bond acceptors (Lipinski definition) is 6. The molecule has 2 rings (SSSR count). The molecule has 0 unspecified atom stereocenters. The van der Waals surface area contributed by atoms with Gasteiger partial charge in [-0.25, -0.2) is 4.98 Å². The predicted molar refractivity (Wildman–Crippen MR) is 66.4 cm³/mol. The third-order valence-corrected chi connectivity index (χ3v) is 2.50. The van der Waals surface area contributed by atoms with Crippen LogP contribution in [0.1, 0.15) is 18.3 Å². The molecule has 0 amide bonds. The number of nitrogens with one attached hydrogen (secondary N) is 1. The third kappa shape index (κ3) is 2.38. The number of aryl methyl sites for hydroxylation is 1. The topological polar surface area (TPSA) is 105 Å². The lowest BCUT2D eigenvalue weighted by molar-refractivity contribution is 0.707. The molecular weight excluding hydrogens is 230 g/mol. The fourth-order valence-electron chi connectivity index (χ4n) is 1.53. The van der Waals surface area contributed by atoms with Crippen molar-refractivity contribution in [3.05, 3.63) is 30.0 Å². The molecule has 7 nitrogen and oxygen atoms in total. The summed E-state index contributed by atoms with van der Waals surface area (Å²) >= 11 is 0. The van der Waals surface area contributed by atoms with Crippen molar-refractivity contribution in [3.63, 3.8) is 0 Å². The van der Waals surface area contributed by atoms with Crippen molar-refractivity contribution in [2.75, 3.05) is 11.1 Å². The molecule has 2 aromatic rings. The smallest absolute Gasteiger partial charge is 0.152 e. The molecule has 0 spiro atoms. The molecule has 0 bridgehead atoms. The number of hydrogen-bond donors (Lipinski definition) is 2.